The predicted molar refractivity (Wildman–Crippen MR) is 60.8 cm³/mol. The number of hydrogen-bond acceptors (Lipinski definition) is 0. The largest absolute Gasteiger partial charge is 0.103 e. The van der Waals surface area contributed by atoms with Crippen LogP contribution in [-0.4, -0.2) is 5.33 Å². The number of alkyl halides is 1. The summed E-state index contributed by atoms with van der Waals surface area (Å²) in [6.07, 6.45) is 5.71. The summed E-state index contributed by atoms with van der Waals surface area (Å²) < 4.78 is 0. The maximum atomic E-state index is 3.77. The van der Waals surface area contributed by atoms with E-state index >= 15 is 0 Å². The molecule has 0 saturated heterocycles. The summed E-state index contributed by atoms with van der Waals surface area (Å²) >= 11 is 3.59. The molecular weight excluding hydrogens is 212 g/mol. The van der Waals surface area contributed by atoms with Crippen LogP contribution >= 0.6 is 15.9 Å². The minimum absolute atomic E-state index is 0.475. The Morgan fingerprint density at radius 1 is 1.58 bits per heavy atom. The van der Waals surface area contributed by atoms with E-state index in [2.05, 4.69) is 43.3 Å². The molecule has 0 saturated carbocycles. The number of hydrogen-bond donors (Lipinski definition) is 0. The minimum Gasteiger partial charge on any atom is -0.103 e. The molecule has 0 radical (unpaired) electrons. The molecule has 0 aliphatic heterocycles. The van der Waals surface area contributed by atoms with Crippen LogP contribution in [0.3, 0.4) is 0 Å². The van der Waals surface area contributed by atoms with Gasteiger partial charge in [-0.15, -0.1) is 6.58 Å². The van der Waals surface area contributed by atoms with Gasteiger partial charge in [-0.2, -0.15) is 0 Å². The molecule has 0 spiro atoms. The Bertz CT molecular complexity index is 125. The van der Waals surface area contributed by atoms with Gasteiger partial charge in [-0.05, 0) is 30.6 Å². The second-order valence-corrected chi connectivity index (χ2v) is 4.69. The van der Waals surface area contributed by atoms with Gasteiger partial charge >= 0.3 is 0 Å². The average molecular weight is 233 g/mol. The smallest absolute Gasteiger partial charge is 0.00853 e. The third-order valence-electron chi connectivity index (χ3n) is 2.59. The van der Waals surface area contributed by atoms with Gasteiger partial charge in [0.2, 0.25) is 0 Å². The minimum atomic E-state index is 0.475. The van der Waals surface area contributed by atoms with E-state index in [4.69, 9.17) is 0 Å². The van der Waals surface area contributed by atoms with Crippen molar-refractivity contribution < 1.29 is 0 Å². The summed E-state index contributed by atoms with van der Waals surface area (Å²) in [5.41, 5.74) is 0.475. The lowest BCUT2D eigenvalue weighted by molar-refractivity contribution is 0.277. The molecule has 0 aliphatic rings. The fourth-order valence-corrected chi connectivity index (χ4v) is 2.13. The van der Waals surface area contributed by atoms with Gasteiger partial charge in [0, 0.05) is 5.33 Å². The molecule has 0 rings (SSSR count). The van der Waals surface area contributed by atoms with E-state index in [-0.39, 0.29) is 0 Å². The standard InChI is InChI=1S/C11H21Br/c1-5-7-10(3)8-11(4,6-2)9-12/h5,10H,1,6-9H2,2-4H3. The zero-order valence-corrected chi connectivity index (χ0v) is 10.2. The maximum absolute atomic E-state index is 3.77. The van der Waals surface area contributed by atoms with E-state index in [9.17, 15) is 0 Å². The lowest BCUT2D eigenvalue weighted by atomic mass is 9.80. The molecule has 0 nitrogen and oxygen atoms in total. The summed E-state index contributed by atoms with van der Waals surface area (Å²) in [7, 11) is 0. The highest BCUT2D eigenvalue weighted by molar-refractivity contribution is 9.09. The Labute approximate surface area is 85.6 Å². The summed E-state index contributed by atoms with van der Waals surface area (Å²) in [6.45, 7) is 10.7. The molecule has 0 aromatic rings. The second-order valence-electron chi connectivity index (χ2n) is 4.13. The van der Waals surface area contributed by atoms with Crippen molar-refractivity contribution in [2.75, 3.05) is 5.33 Å². The van der Waals surface area contributed by atoms with Crippen LogP contribution < -0.4 is 0 Å². The third-order valence-corrected chi connectivity index (χ3v) is 3.94. The highest BCUT2D eigenvalue weighted by Gasteiger charge is 2.22. The van der Waals surface area contributed by atoms with Crippen LogP contribution in [0.1, 0.15) is 40.0 Å². The lowest BCUT2D eigenvalue weighted by Gasteiger charge is -2.28. The summed E-state index contributed by atoms with van der Waals surface area (Å²) in [5, 5.41) is 1.11. The van der Waals surface area contributed by atoms with Crippen LogP contribution in [-0.2, 0) is 0 Å². The van der Waals surface area contributed by atoms with E-state index in [1.165, 1.54) is 12.8 Å². The summed E-state index contributed by atoms with van der Waals surface area (Å²) in [6, 6.07) is 0. The van der Waals surface area contributed by atoms with Gasteiger partial charge in [0.1, 0.15) is 0 Å². The van der Waals surface area contributed by atoms with Crippen molar-refractivity contribution in [1.82, 2.24) is 0 Å². The normalized spacial score (nSPS) is 18.3. The molecule has 2 atom stereocenters. The van der Waals surface area contributed by atoms with Crippen molar-refractivity contribution >= 4 is 15.9 Å². The molecule has 0 aromatic carbocycles. The van der Waals surface area contributed by atoms with Crippen molar-refractivity contribution in [3.8, 4) is 0 Å². The topological polar surface area (TPSA) is 0 Å². The first-order valence-electron chi connectivity index (χ1n) is 4.75. The quantitative estimate of drug-likeness (QED) is 0.471. The highest BCUT2D eigenvalue weighted by Crippen LogP contribution is 2.32. The first kappa shape index (κ1) is 12.2. The molecule has 12 heavy (non-hydrogen) atoms. The monoisotopic (exact) mass is 232 g/mol. The van der Waals surface area contributed by atoms with Crippen LogP contribution in [0, 0.1) is 11.3 Å². The van der Waals surface area contributed by atoms with Gasteiger partial charge in [-0.25, -0.2) is 0 Å². The van der Waals surface area contributed by atoms with E-state index < -0.39 is 0 Å². The Morgan fingerprint density at radius 3 is 2.50 bits per heavy atom. The van der Waals surface area contributed by atoms with E-state index in [0.717, 1.165) is 17.7 Å². The molecule has 0 aromatic heterocycles. The Kier molecular flexibility index (Phi) is 5.90. The molecule has 0 heterocycles. The van der Waals surface area contributed by atoms with E-state index in [0.29, 0.717) is 5.41 Å². The van der Waals surface area contributed by atoms with Gasteiger partial charge in [0.25, 0.3) is 0 Å². The zero-order valence-electron chi connectivity index (χ0n) is 8.57. The van der Waals surface area contributed by atoms with Crippen molar-refractivity contribution in [3.05, 3.63) is 12.7 Å². The fourth-order valence-electron chi connectivity index (χ4n) is 1.50. The SMILES string of the molecule is C=CCC(C)CC(C)(CC)CBr. The average Bonchev–Trinajstić information content (AvgIpc) is 2.05. The predicted octanol–water partition coefficient (Wildman–Crippen LogP) is 4.40. The van der Waals surface area contributed by atoms with Crippen LogP contribution in [0.15, 0.2) is 12.7 Å². The van der Waals surface area contributed by atoms with Crippen molar-refractivity contribution in [2.24, 2.45) is 11.3 Å². The molecule has 2 unspecified atom stereocenters. The first-order chi connectivity index (χ1) is 5.58. The summed E-state index contributed by atoms with van der Waals surface area (Å²) in [5.74, 6) is 0.769. The second kappa shape index (κ2) is 5.80. The molecule has 0 amide bonds. The van der Waals surface area contributed by atoms with Crippen molar-refractivity contribution in [2.45, 2.75) is 40.0 Å². The van der Waals surface area contributed by atoms with Gasteiger partial charge in [0.15, 0.2) is 0 Å². The first-order valence-corrected chi connectivity index (χ1v) is 5.87. The van der Waals surface area contributed by atoms with Crippen LogP contribution in [0.25, 0.3) is 0 Å². The van der Waals surface area contributed by atoms with Gasteiger partial charge in [-0.1, -0.05) is 42.8 Å². The van der Waals surface area contributed by atoms with Crippen LogP contribution in [0.5, 0.6) is 0 Å². The van der Waals surface area contributed by atoms with Crippen molar-refractivity contribution in [3.63, 3.8) is 0 Å². The van der Waals surface area contributed by atoms with Gasteiger partial charge < -0.3 is 0 Å². The molecular formula is C11H21Br. The van der Waals surface area contributed by atoms with Crippen LogP contribution in [0.4, 0.5) is 0 Å². The van der Waals surface area contributed by atoms with E-state index in [1.807, 2.05) is 6.08 Å². The molecule has 0 fully saturated rings. The lowest BCUT2D eigenvalue weighted by Crippen LogP contribution is -2.20. The Morgan fingerprint density at radius 2 is 2.17 bits per heavy atom. The maximum Gasteiger partial charge on any atom is 0.00853 e. The van der Waals surface area contributed by atoms with Crippen molar-refractivity contribution in [1.29, 1.82) is 0 Å². The molecule has 1 heteroatoms. The Hall–Kier alpha value is 0.220. The zero-order chi connectivity index (χ0) is 9.61. The molecule has 72 valence electrons. The van der Waals surface area contributed by atoms with Crippen LogP contribution in [0.2, 0.25) is 0 Å². The fraction of sp³-hybridized carbons (Fsp3) is 0.818. The number of halogens is 1. The Balaban J connectivity index is 3.92. The molecule has 0 aliphatic carbocycles. The molecule has 0 bridgehead atoms. The molecule has 0 N–H and O–H groups in total. The van der Waals surface area contributed by atoms with Gasteiger partial charge in [-0.3, -0.25) is 0 Å². The van der Waals surface area contributed by atoms with Gasteiger partial charge in [0.05, 0.1) is 0 Å². The van der Waals surface area contributed by atoms with E-state index in [1.54, 1.807) is 0 Å². The highest BCUT2D eigenvalue weighted by atomic mass is 79.9. The number of allylic oxidation sites excluding steroid dienone is 1. The summed E-state index contributed by atoms with van der Waals surface area (Å²) in [4.78, 5) is 0. The number of rotatable bonds is 6. The third kappa shape index (κ3) is 4.30.